The van der Waals surface area contributed by atoms with E-state index in [-0.39, 0.29) is 5.41 Å². The molecule has 0 radical (unpaired) electrons. The average Bonchev–Trinajstić information content (AvgIpc) is 3.49. The molecule has 40 heavy (non-hydrogen) atoms. The summed E-state index contributed by atoms with van der Waals surface area (Å²) in [7, 11) is 0. The van der Waals surface area contributed by atoms with Crippen LogP contribution in [0.15, 0.2) is 143 Å². The molecule has 6 aromatic carbocycles. The van der Waals surface area contributed by atoms with Crippen molar-refractivity contribution >= 4 is 45.2 Å². The van der Waals surface area contributed by atoms with Crippen molar-refractivity contribution in [3.05, 3.63) is 161 Å². The Bertz CT molecular complexity index is 2130. The van der Waals surface area contributed by atoms with Crippen LogP contribution in [-0.2, 0) is 5.41 Å². The molecule has 1 aliphatic carbocycles. The molecule has 9 rings (SSSR count). The van der Waals surface area contributed by atoms with Crippen LogP contribution in [0, 0.1) is 0 Å². The number of rotatable bonds is 1. The molecule has 7 aromatic rings. The highest BCUT2D eigenvalue weighted by atomic mass is 35.5. The van der Waals surface area contributed by atoms with Crippen molar-refractivity contribution in [2.75, 3.05) is 0 Å². The Labute approximate surface area is 241 Å². The molecule has 0 fully saturated rings. The Morgan fingerprint density at radius 1 is 0.525 bits per heavy atom. The quantitative estimate of drug-likeness (QED) is 0.198. The van der Waals surface area contributed by atoms with Gasteiger partial charge in [0.05, 0.1) is 21.5 Å². The first kappa shape index (κ1) is 22.6. The van der Waals surface area contributed by atoms with Gasteiger partial charge in [-0.3, -0.25) is 0 Å². The van der Waals surface area contributed by atoms with Gasteiger partial charge in [-0.15, -0.1) is 0 Å². The highest BCUT2D eigenvalue weighted by Gasteiger charge is 2.50. The highest BCUT2D eigenvalue weighted by molar-refractivity contribution is 7.99. The Morgan fingerprint density at radius 2 is 1.15 bits per heavy atom. The fraction of sp³-hybridized carbons (Fsp3) is 0.0270. The molecule has 2 aliphatic rings. The van der Waals surface area contributed by atoms with Crippen LogP contribution >= 0.6 is 23.4 Å². The normalized spacial score (nSPS) is 14.2. The molecule has 0 N–H and O–H groups in total. The van der Waals surface area contributed by atoms with Crippen molar-refractivity contribution in [3.63, 3.8) is 0 Å². The lowest BCUT2D eigenvalue weighted by Gasteiger charge is -2.39. The summed E-state index contributed by atoms with van der Waals surface area (Å²) in [5, 5.41) is 3.06. The van der Waals surface area contributed by atoms with Gasteiger partial charge in [-0.25, -0.2) is 0 Å². The van der Waals surface area contributed by atoms with Crippen LogP contribution < -0.4 is 0 Å². The molecule has 0 unspecified atom stereocenters. The molecule has 0 atom stereocenters. The lowest BCUT2D eigenvalue weighted by molar-refractivity contribution is 0.722. The molecule has 1 aromatic heterocycles. The van der Waals surface area contributed by atoms with Gasteiger partial charge < -0.3 is 4.57 Å². The summed E-state index contributed by atoms with van der Waals surface area (Å²) in [5.74, 6) is 0. The lowest BCUT2D eigenvalue weighted by atomic mass is 9.67. The molecule has 1 aliphatic heterocycles. The first-order valence-corrected chi connectivity index (χ1v) is 14.8. The number of para-hydroxylation sites is 1. The summed E-state index contributed by atoms with van der Waals surface area (Å²) in [5.41, 5.74) is 11.1. The second kappa shape index (κ2) is 8.14. The lowest BCUT2D eigenvalue weighted by Crippen LogP contribution is -2.31. The minimum atomic E-state index is -0.354. The standard InChI is InChI=1S/C37H22ClNS/c38-31-15-9-17-33-36(31)25-11-2-6-16-32(25)39(33)23-20-21-28-26(22-23)24-10-1-3-12-27(24)37(28)29-13-4-7-18-34(29)40-35-19-8-5-14-30(35)37/h1-22H. The smallest absolute Gasteiger partial charge is 0.0735 e. The SMILES string of the molecule is Clc1cccc2c1c1ccccc1n2-c1ccc2c(c1)-c1ccccc1C21c2ccccc2Sc2ccccc21. The summed E-state index contributed by atoms with van der Waals surface area (Å²) < 4.78 is 2.36. The second-order valence-corrected chi connectivity index (χ2v) is 12.1. The van der Waals surface area contributed by atoms with Crippen LogP contribution in [0.1, 0.15) is 22.3 Å². The molecule has 0 amide bonds. The van der Waals surface area contributed by atoms with Gasteiger partial charge in [-0.05, 0) is 75.8 Å². The van der Waals surface area contributed by atoms with Crippen LogP contribution in [0.25, 0.3) is 38.6 Å². The number of aromatic nitrogens is 1. The van der Waals surface area contributed by atoms with E-state index in [0.29, 0.717) is 0 Å². The Balaban J connectivity index is 1.40. The number of halogens is 1. The zero-order valence-corrected chi connectivity index (χ0v) is 23.0. The van der Waals surface area contributed by atoms with Gasteiger partial charge in [0.15, 0.2) is 0 Å². The topological polar surface area (TPSA) is 4.93 Å². The summed E-state index contributed by atoms with van der Waals surface area (Å²) in [6, 6.07) is 48.7. The van der Waals surface area contributed by atoms with Gasteiger partial charge in [-0.1, -0.05) is 114 Å². The Morgan fingerprint density at radius 3 is 1.95 bits per heavy atom. The van der Waals surface area contributed by atoms with E-state index in [4.69, 9.17) is 11.6 Å². The zero-order chi connectivity index (χ0) is 26.4. The van der Waals surface area contributed by atoms with Crippen molar-refractivity contribution < 1.29 is 0 Å². The largest absolute Gasteiger partial charge is 0.309 e. The van der Waals surface area contributed by atoms with Crippen molar-refractivity contribution in [1.29, 1.82) is 0 Å². The summed E-state index contributed by atoms with van der Waals surface area (Å²) in [4.78, 5) is 2.65. The number of nitrogens with zero attached hydrogens (tertiary/aromatic N) is 1. The maximum atomic E-state index is 6.78. The van der Waals surface area contributed by atoms with Gasteiger partial charge in [0.25, 0.3) is 0 Å². The van der Waals surface area contributed by atoms with E-state index in [1.165, 1.54) is 48.6 Å². The third kappa shape index (κ3) is 2.75. The Kier molecular flexibility index (Phi) is 4.59. The van der Waals surface area contributed by atoms with Gasteiger partial charge >= 0.3 is 0 Å². The number of benzene rings is 6. The van der Waals surface area contributed by atoms with E-state index in [1.54, 1.807) is 0 Å². The highest BCUT2D eigenvalue weighted by Crippen LogP contribution is 2.62. The molecule has 188 valence electrons. The first-order valence-electron chi connectivity index (χ1n) is 13.6. The molecule has 0 bridgehead atoms. The minimum absolute atomic E-state index is 0.354. The number of hydrogen-bond acceptors (Lipinski definition) is 1. The van der Waals surface area contributed by atoms with E-state index >= 15 is 0 Å². The van der Waals surface area contributed by atoms with E-state index in [1.807, 2.05) is 23.9 Å². The van der Waals surface area contributed by atoms with Crippen LogP contribution in [0.2, 0.25) is 5.02 Å². The maximum Gasteiger partial charge on any atom is 0.0735 e. The summed E-state index contributed by atoms with van der Waals surface area (Å²) in [6.45, 7) is 0. The molecular weight excluding hydrogens is 526 g/mol. The summed E-state index contributed by atoms with van der Waals surface area (Å²) in [6.07, 6.45) is 0. The third-order valence-corrected chi connectivity index (χ3v) is 10.2. The average molecular weight is 548 g/mol. The summed E-state index contributed by atoms with van der Waals surface area (Å²) >= 11 is 8.66. The van der Waals surface area contributed by atoms with Crippen molar-refractivity contribution in [2.24, 2.45) is 0 Å². The zero-order valence-electron chi connectivity index (χ0n) is 21.4. The van der Waals surface area contributed by atoms with Crippen molar-refractivity contribution in [1.82, 2.24) is 4.57 Å². The van der Waals surface area contributed by atoms with E-state index in [0.717, 1.165) is 27.1 Å². The number of fused-ring (bicyclic) bond motifs is 12. The predicted octanol–water partition coefficient (Wildman–Crippen LogP) is 10.3. The molecule has 3 heteroatoms. The fourth-order valence-corrected chi connectivity index (χ4v) is 8.70. The second-order valence-electron chi connectivity index (χ2n) is 10.6. The first-order chi connectivity index (χ1) is 19.8. The Hall–Kier alpha value is -4.24. The maximum absolute atomic E-state index is 6.78. The monoisotopic (exact) mass is 547 g/mol. The van der Waals surface area contributed by atoms with Gasteiger partial charge in [0, 0.05) is 26.3 Å². The van der Waals surface area contributed by atoms with Crippen LogP contribution in [0.5, 0.6) is 0 Å². The van der Waals surface area contributed by atoms with Gasteiger partial charge in [0.1, 0.15) is 0 Å². The molecular formula is C37H22ClNS. The number of hydrogen-bond donors (Lipinski definition) is 0. The minimum Gasteiger partial charge on any atom is -0.309 e. The van der Waals surface area contributed by atoms with E-state index in [2.05, 4.69) is 126 Å². The van der Waals surface area contributed by atoms with E-state index < -0.39 is 0 Å². The fourth-order valence-electron chi connectivity index (χ4n) is 7.24. The predicted molar refractivity (Wildman–Crippen MR) is 167 cm³/mol. The molecule has 0 saturated heterocycles. The van der Waals surface area contributed by atoms with Gasteiger partial charge in [-0.2, -0.15) is 0 Å². The molecule has 1 nitrogen and oxygen atoms in total. The third-order valence-electron chi connectivity index (χ3n) is 8.74. The van der Waals surface area contributed by atoms with Gasteiger partial charge in [0.2, 0.25) is 0 Å². The molecule has 1 spiro atoms. The van der Waals surface area contributed by atoms with Crippen LogP contribution in [-0.4, -0.2) is 4.57 Å². The van der Waals surface area contributed by atoms with Crippen molar-refractivity contribution in [3.8, 4) is 16.8 Å². The molecule has 0 saturated carbocycles. The van der Waals surface area contributed by atoms with Crippen LogP contribution in [0.4, 0.5) is 0 Å². The van der Waals surface area contributed by atoms with Crippen LogP contribution in [0.3, 0.4) is 0 Å². The van der Waals surface area contributed by atoms with E-state index in [9.17, 15) is 0 Å². The molecule has 2 heterocycles. The van der Waals surface area contributed by atoms with Crippen molar-refractivity contribution in [2.45, 2.75) is 15.2 Å².